The molecule has 1 aromatic carbocycles. The second kappa shape index (κ2) is 5.27. The highest BCUT2D eigenvalue weighted by Gasteiger charge is 2.17. The number of ether oxygens (including phenoxy) is 1. The van der Waals surface area contributed by atoms with Gasteiger partial charge in [-0.05, 0) is 24.3 Å². The zero-order valence-corrected chi connectivity index (χ0v) is 11.5. The van der Waals surface area contributed by atoms with Crippen LogP contribution in [0, 0.1) is 0 Å². The fourth-order valence-electron chi connectivity index (χ4n) is 1.60. The summed E-state index contributed by atoms with van der Waals surface area (Å²) < 4.78 is 5.22. The van der Waals surface area contributed by atoms with Gasteiger partial charge in [-0.25, -0.2) is 4.79 Å². The number of halogens is 1. The van der Waals surface area contributed by atoms with E-state index in [1.165, 1.54) is 31.5 Å². The largest absolute Gasteiger partial charge is 0.507 e. The molecule has 1 heterocycles. The van der Waals surface area contributed by atoms with Gasteiger partial charge in [0.15, 0.2) is 5.78 Å². The zero-order valence-electron chi connectivity index (χ0n) is 9.94. The Morgan fingerprint density at radius 3 is 2.74 bits per heavy atom. The number of carbonyl (C=O) groups excluding carboxylic acids is 2. The van der Waals surface area contributed by atoms with Crippen molar-refractivity contribution in [2.24, 2.45) is 0 Å². The number of rotatable bonds is 3. The Hall–Kier alpha value is -2.08. The number of aromatic nitrogens is 1. The van der Waals surface area contributed by atoms with Gasteiger partial charge in [-0.3, -0.25) is 4.79 Å². The Bertz CT molecular complexity index is 648. The van der Waals surface area contributed by atoms with E-state index in [0.717, 1.165) is 0 Å². The second-order valence-corrected chi connectivity index (χ2v) is 4.70. The van der Waals surface area contributed by atoms with Crippen LogP contribution in [0.1, 0.15) is 26.4 Å². The number of phenolic OH excluding ortho intramolecular Hbond substituents is 1. The summed E-state index contributed by atoms with van der Waals surface area (Å²) in [6.07, 6.45) is 1.40. The Morgan fingerprint density at radius 2 is 2.05 bits per heavy atom. The van der Waals surface area contributed by atoms with Crippen LogP contribution in [0.3, 0.4) is 0 Å². The molecule has 0 atom stereocenters. The lowest BCUT2D eigenvalue weighted by Gasteiger charge is -2.02. The standard InChI is InChI=1S/C13H10BrNO4/c1-19-13(18)10-4-7(6-15-10)12(17)9-5-8(14)2-3-11(9)16/h2-6,15-16H,1H3. The van der Waals surface area contributed by atoms with E-state index in [1.54, 1.807) is 6.07 Å². The molecule has 0 spiro atoms. The summed E-state index contributed by atoms with van der Waals surface area (Å²) >= 11 is 3.23. The molecule has 2 aromatic rings. The fourth-order valence-corrected chi connectivity index (χ4v) is 1.96. The molecule has 0 aliphatic rings. The zero-order chi connectivity index (χ0) is 14.0. The van der Waals surface area contributed by atoms with E-state index in [4.69, 9.17) is 0 Å². The van der Waals surface area contributed by atoms with Crippen LogP contribution in [0.15, 0.2) is 34.9 Å². The predicted octanol–water partition coefficient (Wildman–Crippen LogP) is 2.50. The van der Waals surface area contributed by atoms with Crippen LogP contribution >= 0.6 is 15.9 Å². The maximum Gasteiger partial charge on any atom is 0.354 e. The molecule has 5 nitrogen and oxygen atoms in total. The highest BCUT2D eigenvalue weighted by Crippen LogP contribution is 2.24. The number of H-pyrrole nitrogens is 1. The van der Waals surface area contributed by atoms with E-state index >= 15 is 0 Å². The quantitative estimate of drug-likeness (QED) is 0.672. The summed E-state index contributed by atoms with van der Waals surface area (Å²) in [4.78, 5) is 26.1. The van der Waals surface area contributed by atoms with Crippen LogP contribution < -0.4 is 0 Å². The molecule has 0 amide bonds. The van der Waals surface area contributed by atoms with E-state index in [9.17, 15) is 14.7 Å². The average molecular weight is 324 g/mol. The molecule has 1 aromatic heterocycles. The number of esters is 1. The SMILES string of the molecule is COC(=O)c1cc(C(=O)c2cc(Br)ccc2O)c[nH]1. The van der Waals surface area contributed by atoms with Crippen molar-refractivity contribution >= 4 is 27.7 Å². The number of aromatic amines is 1. The smallest absolute Gasteiger partial charge is 0.354 e. The van der Waals surface area contributed by atoms with Crippen LogP contribution in [-0.2, 0) is 4.74 Å². The summed E-state index contributed by atoms with van der Waals surface area (Å²) in [5, 5.41) is 9.69. The third-order valence-electron chi connectivity index (χ3n) is 2.55. The second-order valence-electron chi connectivity index (χ2n) is 3.78. The molecular weight excluding hydrogens is 314 g/mol. The van der Waals surface area contributed by atoms with Gasteiger partial charge in [0.1, 0.15) is 11.4 Å². The van der Waals surface area contributed by atoms with Crippen LogP contribution in [0.4, 0.5) is 0 Å². The molecule has 98 valence electrons. The number of phenols is 1. The first-order chi connectivity index (χ1) is 9.02. The van der Waals surface area contributed by atoms with E-state index in [-0.39, 0.29) is 28.4 Å². The van der Waals surface area contributed by atoms with Gasteiger partial charge < -0.3 is 14.8 Å². The first-order valence-electron chi connectivity index (χ1n) is 5.33. The third kappa shape index (κ3) is 2.68. The Labute approximate surface area is 117 Å². The minimum absolute atomic E-state index is 0.117. The van der Waals surface area contributed by atoms with Crippen LogP contribution in [0.2, 0.25) is 0 Å². The maximum absolute atomic E-state index is 12.2. The van der Waals surface area contributed by atoms with E-state index in [0.29, 0.717) is 4.47 Å². The number of nitrogens with one attached hydrogen (secondary N) is 1. The summed E-state index contributed by atoms with van der Waals surface area (Å²) in [6.45, 7) is 0. The van der Waals surface area contributed by atoms with Crippen LogP contribution in [0.25, 0.3) is 0 Å². The monoisotopic (exact) mass is 323 g/mol. The molecular formula is C13H10BrNO4. The Kier molecular flexibility index (Phi) is 3.71. The third-order valence-corrected chi connectivity index (χ3v) is 3.05. The summed E-state index contributed by atoms with van der Waals surface area (Å²) in [5.41, 5.74) is 0.610. The molecule has 0 aliphatic heterocycles. The van der Waals surface area contributed by atoms with Crippen molar-refractivity contribution < 1.29 is 19.4 Å². The number of carbonyl (C=O) groups is 2. The highest BCUT2D eigenvalue weighted by atomic mass is 79.9. The number of aromatic hydroxyl groups is 1. The molecule has 19 heavy (non-hydrogen) atoms. The first-order valence-corrected chi connectivity index (χ1v) is 6.12. The molecule has 0 bridgehead atoms. The number of ketones is 1. The predicted molar refractivity (Wildman–Crippen MR) is 71.4 cm³/mol. The number of hydrogen-bond donors (Lipinski definition) is 2. The average Bonchev–Trinajstić information content (AvgIpc) is 2.89. The van der Waals surface area contributed by atoms with Gasteiger partial charge in [-0.2, -0.15) is 0 Å². The topological polar surface area (TPSA) is 79.4 Å². The molecule has 0 fully saturated rings. The van der Waals surface area contributed by atoms with Gasteiger partial charge in [0.25, 0.3) is 0 Å². The first kappa shape index (κ1) is 13.4. The van der Waals surface area contributed by atoms with Crippen LogP contribution in [-0.4, -0.2) is 29.0 Å². The Morgan fingerprint density at radius 1 is 1.32 bits per heavy atom. The van der Waals surface area contributed by atoms with Crippen molar-refractivity contribution in [1.82, 2.24) is 4.98 Å². The lowest BCUT2D eigenvalue weighted by molar-refractivity contribution is 0.0595. The van der Waals surface area contributed by atoms with Crippen LogP contribution in [0.5, 0.6) is 5.75 Å². The van der Waals surface area contributed by atoms with Crippen molar-refractivity contribution in [3.05, 3.63) is 51.8 Å². The van der Waals surface area contributed by atoms with Gasteiger partial charge in [-0.15, -0.1) is 0 Å². The van der Waals surface area contributed by atoms with Crippen molar-refractivity contribution in [1.29, 1.82) is 0 Å². The van der Waals surface area contributed by atoms with E-state index in [1.807, 2.05) is 0 Å². The fraction of sp³-hybridized carbons (Fsp3) is 0.0769. The minimum Gasteiger partial charge on any atom is -0.507 e. The molecule has 0 radical (unpaired) electrons. The van der Waals surface area contributed by atoms with Crippen molar-refractivity contribution in [3.63, 3.8) is 0 Å². The molecule has 0 unspecified atom stereocenters. The van der Waals surface area contributed by atoms with Crippen molar-refractivity contribution in [2.75, 3.05) is 7.11 Å². The molecule has 2 rings (SSSR count). The minimum atomic E-state index is -0.558. The number of benzene rings is 1. The van der Waals surface area contributed by atoms with Gasteiger partial charge >= 0.3 is 5.97 Å². The summed E-state index contributed by atoms with van der Waals surface area (Å²) in [7, 11) is 1.25. The van der Waals surface area contributed by atoms with Gasteiger partial charge in [-0.1, -0.05) is 15.9 Å². The van der Waals surface area contributed by atoms with Crippen molar-refractivity contribution in [2.45, 2.75) is 0 Å². The lowest BCUT2D eigenvalue weighted by atomic mass is 10.0. The molecule has 0 aliphatic carbocycles. The lowest BCUT2D eigenvalue weighted by Crippen LogP contribution is -2.02. The van der Waals surface area contributed by atoms with Gasteiger partial charge in [0.2, 0.25) is 0 Å². The maximum atomic E-state index is 12.2. The molecule has 0 saturated heterocycles. The molecule has 2 N–H and O–H groups in total. The highest BCUT2D eigenvalue weighted by molar-refractivity contribution is 9.10. The van der Waals surface area contributed by atoms with Gasteiger partial charge in [0.05, 0.1) is 12.7 Å². The molecule has 6 heteroatoms. The molecule has 0 saturated carbocycles. The normalized spacial score (nSPS) is 10.2. The van der Waals surface area contributed by atoms with E-state index < -0.39 is 5.97 Å². The summed E-state index contributed by atoms with van der Waals surface area (Å²) in [5.74, 6) is -1.06. The number of methoxy groups -OCH3 is 1. The summed E-state index contributed by atoms with van der Waals surface area (Å²) in [6, 6.07) is 5.95. The Balaban J connectivity index is 2.36. The van der Waals surface area contributed by atoms with Gasteiger partial charge in [0, 0.05) is 16.2 Å². The van der Waals surface area contributed by atoms with E-state index in [2.05, 4.69) is 25.7 Å². The number of hydrogen-bond acceptors (Lipinski definition) is 4. The van der Waals surface area contributed by atoms with Crippen molar-refractivity contribution in [3.8, 4) is 5.75 Å².